The molecule has 0 aromatic heterocycles. The first-order chi connectivity index (χ1) is 35.7. The molecule has 0 heterocycles. The summed E-state index contributed by atoms with van der Waals surface area (Å²) in [5, 5.41) is 15.3. The van der Waals surface area contributed by atoms with E-state index in [1.807, 2.05) is 0 Å². The van der Waals surface area contributed by atoms with Crippen LogP contribution in [-0.4, -0.2) is 5.40 Å². The molecular weight excluding hydrogens is 941 g/mol. The van der Waals surface area contributed by atoms with Crippen LogP contribution in [0, 0.1) is 0 Å². The molecule has 72 heavy (non-hydrogen) atoms. The van der Waals surface area contributed by atoms with E-state index in [2.05, 4.69) is 286 Å². The fourth-order valence-corrected chi connectivity index (χ4v) is 22.7. The predicted octanol–water partition coefficient (Wildman–Crippen LogP) is 13.5. The van der Waals surface area contributed by atoms with E-state index in [9.17, 15) is 0 Å². The standard InChI is InChI=1S/C40H34P2.C28H28P2/c1-5-13-35(14-6-1)41(36-15-7-2-8-16-36)39-29-31-21-25-33(39)27-23-32-22-26-34(28-24-31)40(30-32)42(37-17-9-3-10-18-37)38-19-11-4-12-20-38;1-2-15-28(29(24-16-7-3-8-17-24)25-18-9-4-10-19-25)30(26-20-11-5-12-21-26)27-22-13-6-14-23-27/h1-22,25-26,29-30H,23-24,27-28H2;3-14,16-23,28H,2,15H2,1H3. The molecule has 0 fully saturated rings. The summed E-state index contributed by atoms with van der Waals surface area (Å²) in [6, 6.07) is 104. The quantitative estimate of drug-likeness (QED) is 0.0953. The number of aryl methyl sites for hydroxylation is 4. The molecule has 4 aliphatic carbocycles. The minimum absolute atomic E-state index is 0.478. The zero-order valence-electron chi connectivity index (χ0n) is 41.2. The van der Waals surface area contributed by atoms with Crippen LogP contribution in [0.5, 0.6) is 0 Å². The van der Waals surface area contributed by atoms with Crippen molar-refractivity contribution in [3.05, 3.63) is 301 Å². The summed E-state index contributed by atoms with van der Waals surface area (Å²) in [4.78, 5) is 0. The van der Waals surface area contributed by atoms with Gasteiger partial charge in [0.2, 0.25) is 0 Å². The Labute approximate surface area is 434 Å². The van der Waals surface area contributed by atoms with Crippen molar-refractivity contribution >= 4 is 84.7 Å². The molecular formula is C68H62P4. The largest absolute Gasteiger partial charge is 0.0653 e. The van der Waals surface area contributed by atoms with Crippen molar-refractivity contribution in [2.75, 3.05) is 0 Å². The summed E-state index contributed by atoms with van der Waals surface area (Å²) in [6.07, 6.45) is 6.59. The second kappa shape index (κ2) is 25.0. The summed E-state index contributed by atoms with van der Waals surface area (Å²) < 4.78 is 0. The van der Waals surface area contributed by atoms with Gasteiger partial charge in [0, 0.05) is 5.40 Å². The van der Waals surface area contributed by atoms with E-state index in [1.165, 1.54) is 88.1 Å². The highest BCUT2D eigenvalue weighted by Gasteiger charge is 2.33. The van der Waals surface area contributed by atoms with Crippen LogP contribution in [-0.2, 0) is 25.7 Å². The summed E-state index contributed by atoms with van der Waals surface area (Å²) >= 11 is 0. The van der Waals surface area contributed by atoms with E-state index in [-0.39, 0.29) is 0 Å². The first kappa shape index (κ1) is 49.5. The van der Waals surface area contributed by atoms with Crippen molar-refractivity contribution in [1.29, 1.82) is 0 Å². The van der Waals surface area contributed by atoms with Gasteiger partial charge in [-0.05, 0) is 139 Å². The number of hydrogen-bond donors (Lipinski definition) is 0. The summed E-state index contributed by atoms with van der Waals surface area (Å²) in [5.74, 6) is 0. The Morgan fingerprint density at radius 1 is 0.292 bits per heavy atom. The van der Waals surface area contributed by atoms with Gasteiger partial charge in [0.25, 0.3) is 0 Å². The van der Waals surface area contributed by atoms with Crippen LogP contribution in [0.1, 0.15) is 42.0 Å². The molecule has 354 valence electrons. The van der Waals surface area contributed by atoms with Gasteiger partial charge < -0.3 is 0 Å². The zero-order chi connectivity index (χ0) is 48.7. The second-order valence-corrected chi connectivity index (χ2v) is 27.9. The van der Waals surface area contributed by atoms with Gasteiger partial charge in [-0.15, -0.1) is 0 Å². The topological polar surface area (TPSA) is 0 Å². The molecule has 4 bridgehead atoms. The van der Waals surface area contributed by atoms with Crippen molar-refractivity contribution in [2.45, 2.75) is 50.8 Å². The molecule has 14 rings (SSSR count). The Kier molecular flexibility index (Phi) is 17.2. The monoisotopic (exact) mass is 1000 g/mol. The predicted molar refractivity (Wildman–Crippen MR) is 322 cm³/mol. The molecule has 4 heteroatoms. The first-order valence-electron chi connectivity index (χ1n) is 25.5. The van der Waals surface area contributed by atoms with Gasteiger partial charge in [-0.3, -0.25) is 0 Å². The Morgan fingerprint density at radius 2 is 0.542 bits per heavy atom. The first-order valence-corrected chi connectivity index (χ1v) is 31.0. The minimum atomic E-state index is -0.630. The minimum Gasteiger partial charge on any atom is -0.0653 e. The van der Waals surface area contributed by atoms with Crippen LogP contribution in [0.3, 0.4) is 0 Å². The van der Waals surface area contributed by atoms with Crippen LogP contribution in [0.25, 0.3) is 0 Å². The highest BCUT2D eigenvalue weighted by Crippen LogP contribution is 2.58. The van der Waals surface area contributed by atoms with Crippen LogP contribution in [0.4, 0.5) is 0 Å². The Morgan fingerprint density at radius 3 is 0.792 bits per heavy atom. The molecule has 0 radical (unpaired) electrons. The van der Waals surface area contributed by atoms with Gasteiger partial charge in [0.15, 0.2) is 0 Å². The second-order valence-electron chi connectivity index (χ2n) is 18.3. The zero-order valence-corrected chi connectivity index (χ0v) is 44.7. The van der Waals surface area contributed by atoms with Crippen LogP contribution in [0.15, 0.2) is 279 Å². The average molecular weight is 1000 g/mol. The average Bonchev–Trinajstić information content (AvgIpc) is 3.45. The molecule has 0 nitrogen and oxygen atoms in total. The lowest BCUT2D eigenvalue weighted by molar-refractivity contribution is 0.863. The molecule has 0 saturated carbocycles. The molecule has 0 amide bonds. The lowest BCUT2D eigenvalue weighted by Crippen LogP contribution is -2.27. The maximum Gasteiger partial charge on any atom is 0.0154 e. The molecule has 0 atom stereocenters. The SMILES string of the molecule is CCCC(P(c1ccccc1)c1ccccc1)P(c1ccccc1)c1ccccc1.c1ccc(P(c2ccccc2)c2cc3ccc2CCc2ccc(c(P(c4ccccc4)c4ccccc4)c2)CC3)cc1. The molecule has 10 aromatic rings. The van der Waals surface area contributed by atoms with Gasteiger partial charge >= 0.3 is 0 Å². The van der Waals surface area contributed by atoms with Gasteiger partial charge in [0.1, 0.15) is 0 Å². The summed E-state index contributed by atoms with van der Waals surface area (Å²) in [6.45, 7) is 2.33. The number of benzene rings is 10. The van der Waals surface area contributed by atoms with E-state index < -0.39 is 31.7 Å². The maximum atomic E-state index is 2.55. The fraction of sp³-hybridized carbons (Fsp3) is 0.118. The van der Waals surface area contributed by atoms with Crippen LogP contribution >= 0.6 is 31.7 Å². The molecule has 0 N–H and O–H groups in total. The Hall–Kier alpha value is -6.08. The molecule has 0 aliphatic heterocycles. The number of rotatable bonds is 14. The van der Waals surface area contributed by atoms with E-state index in [0.29, 0.717) is 5.40 Å². The van der Waals surface area contributed by atoms with Gasteiger partial charge in [-0.25, -0.2) is 0 Å². The third-order valence-corrected chi connectivity index (χ3v) is 25.1. The van der Waals surface area contributed by atoms with Crippen molar-refractivity contribution in [3.8, 4) is 0 Å². The van der Waals surface area contributed by atoms with Gasteiger partial charge in [-0.1, -0.05) is 292 Å². The van der Waals surface area contributed by atoms with Crippen molar-refractivity contribution in [2.24, 2.45) is 0 Å². The normalized spacial score (nSPS) is 12.2. The molecule has 0 saturated heterocycles. The highest BCUT2D eigenvalue weighted by molar-refractivity contribution is 7.89. The van der Waals surface area contributed by atoms with Gasteiger partial charge in [-0.2, -0.15) is 0 Å². The van der Waals surface area contributed by atoms with E-state index in [0.717, 1.165) is 25.7 Å². The molecule has 0 spiro atoms. The molecule has 10 aromatic carbocycles. The summed E-state index contributed by atoms with van der Waals surface area (Å²) in [5.41, 5.74) is 5.84. The third kappa shape index (κ3) is 12.0. The number of hydrogen-bond acceptors (Lipinski definition) is 0. The van der Waals surface area contributed by atoms with Gasteiger partial charge in [0.05, 0.1) is 0 Å². The lowest BCUT2D eigenvalue weighted by Gasteiger charge is -2.36. The fourth-order valence-electron chi connectivity index (χ4n) is 10.1. The Bertz CT molecular complexity index is 2820. The molecule has 0 unspecified atom stereocenters. The Balaban J connectivity index is 0.000000176. The van der Waals surface area contributed by atoms with Crippen LogP contribution < -0.4 is 53.0 Å². The van der Waals surface area contributed by atoms with E-state index in [1.54, 1.807) is 0 Å². The van der Waals surface area contributed by atoms with Crippen LogP contribution in [0.2, 0.25) is 0 Å². The van der Waals surface area contributed by atoms with Crippen molar-refractivity contribution in [1.82, 2.24) is 0 Å². The lowest BCUT2D eigenvalue weighted by atomic mass is 9.96. The maximum absolute atomic E-state index is 2.55. The van der Waals surface area contributed by atoms with Crippen molar-refractivity contribution in [3.63, 3.8) is 0 Å². The van der Waals surface area contributed by atoms with E-state index >= 15 is 0 Å². The third-order valence-electron chi connectivity index (χ3n) is 13.5. The smallest absolute Gasteiger partial charge is 0.0154 e. The van der Waals surface area contributed by atoms with E-state index in [4.69, 9.17) is 0 Å². The summed E-state index contributed by atoms with van der Waals surface area (Å²) in [7, 11) is -2.22. The highest BCUT2D eigenvalue weighted by atomic mass is 31.2. The van der Waals surface area contributed by atoms with Crippen molar-refractivity contribution < 1.29 is 0 Å². The molecule has 4 aliphatic rings.